The number of alkyl halides is 2. The highest BCUT2D eigenvalue weighted by molar-refractivity contribution is 5.84. The van der Waals surface area contributed by atoms with Gasteiger partial charge in [-0.2, -0.15) is 8.78 Å². The van der Waals surface area contributed by atoms with E-state index >= 15 is 22.0 Å². The third-order valence-electron chi connectivity index (χ3n) is 7.43. The van der Waals surface area contributed by atoms with Gasteiger partial charge in [0.05, 0.1) is 29.9 Å². The maximum atomic E-state index is 15.7. The molecule has 8 heteroatoms. The van der Waals surface area contributed by atoms with Crippen molar-refractivity contribution in [2.24, 2.45) is 5.92 Å². The first-order valence-corrected chi connectivity index (χ1v) is 13.2. The molecule has 206 valence electrons. The second-order valence-corrected chi connectivity index (χ2v) is 9.92. The molecule has 1 aliphatic carbocycles. The Morgan fingerprint density at radius 2 is 1.36 bits per heavy atom. The fourth-order valence-electron chi connectivity index (χ4n) is 5.42. The van der Waals surface area contributed by atoms with Crippen LogP contribution in [-0.2, 0) is 10.7 Å². The van der Waals surface area contributed by atoms with Crippen molar-refractivity contribution in [2.45, 2.75) is 51.9 Å². The van der Waals surface area contributed by atoms with E-state index in [1.807, 2.05) is 0 Å². The number of hydrogen-bond acceptors (Lipinski definition) is 2. The molecule has 1 aliphatic heterocycles. The van der Waals surface area contributed by atoms with Crippen molar-refractivity contribution in [1.29, 1.82) is 0 Å². The summed E-state index contributed by atoms with van der Waals surface area (Å²) in [7, 11) is 0. The first-order valence-electron chi connectivity index (χ1n) is 13.2. The van der Waals surface area contributed by atoms with Crippen molar-refractivity contribution in [2.75, 3.05) is 13.2 Å². The topological polar surface area (TPSA) is 18.5 Å². The molecule has 0 N–H and O–H groups in total. The van der Waals surface area contributed by atoms with Gasteiger partial charge < -0.3 is 9.47 Å². The molecular weight excluding hydrogens is 518 g/mol. The van der Waals surface area contributed by atoms with Gasteiger partial charge in [0.1, 0.15) is 11.6 Å². The highest BCUT2D eigenvalue weighted by Crippen LogP contribution is 2.55. The van der Waals surface area contributed by atoms with Gasteiger partial charge in [-0.25, -0.2) is 17.6 Å². The summed E-state index contributed by atoms with van der Waals surface area (Å²) in [4.78, 5) is 0. The first-order chi connectivity index (χ1) is 18.7. The summed E-state index contributed by atoms with van der Waals surface area (Å²) >= 11 is 0. The quantitative estimate of drug-likeness (QED) is 0.207. The van der Waals surface area contributed by atoms with E-state index in [-0.39, 0.29) is 34.8 Å². The number of ether oxygens (including phenoxy) is 2. The zero-order valence-electron chi connectivity index (χ0n) is 21.7. The van der Waals surface area contributed by atoms with Gasteiger partial charge >= 0.3 is 5.92 Å². The van der Waals surface area contributed by atoms with Crippen LogP contribution in [0.1, 0.15) is 62.6 Å². The molecule has 0 spiro atoms. The van der Waals surface area contributed by atoms with Gasteiger partial charge in [-0.15, -0.1) is 0 Å². The summed E-state index contributed by atoms with van der Waals surface area (Å²) in [6.07, 6.45) is 6.66. The van der Waals surface area contributed by atoms with Gasteiger partial charge in [0.15, 0.2) is 23.2 Å². The minimum absolute atomic E-state index is 0.0506. The van der Waals surface area contributed by atoms with Crippen LogP contribution < -0.4 is 4.74 Å². The second-order valence-electron chi connectivity index (χ2n) is 9.92. The van der Waals surface area contributed by atoms with Crippen molar-refractivity contribution in [1.82, 2.24) is 0 Å². The fourth-order valence-corrected chi connectivity index (χ4v) is 5.42. The Morgan fingerprint density at radius 3 is 2.00 bits per heavy atom. The van der Waals surface area contributed by atoms with Gasteiger partial charge in [-0.3, -0.25) is 0 Å². The molecule has 0 fully saturated rings. The van der Waals surface area contributed by atoms with E-state index in [2.05, 4.69) is 6.92 Å². The van der Waals surface area contributed by atoms with Crippen LogP contribution >= 0.6 is 0 Å². The monoisotopic (exact) mass is 546 g/mol. The van der Waals surface area contributed by atoms with E-state index < -0.39 is 51.4 Å². The summed E-state index contributed by atoms with van der Waals surface area (Å²) in [5, 5.41) is 0. The lowest BCUT2D eigenvalue weighted by Gasteiger charge is -2.24. The summed E-state index contributed by atoms with van der Waals surface area (Å²) in [5.74, 6) is -9.30. The fraction of sp³-hybridized carbons (Fsp3) is 0.355. The van der Waals surface area contributed by atoms with E-state index in [0.29, 0.717) is 18.9 Å². The number of hydrogen-bond donors (Lipinski definition) is 0. The SMILES string of the molecule is CCCCCC1CC=C(c2ccc(-c3ccc4c(c3F)C(F)(F)c3c-4ccc(OCC)c3F)c(F)c2F)OC1. The Hall–Kier alpha value is -3.42. The highest BCUT2D eigenvalue weighted by Gasteiger charge is 2.50. The van der Waals surface area contributed by atoms with Gasteiger partial charge in [0.2, 0.25) is 0 Å². The maximum Gasteiger partial charge on any atom is 0.305 e. The van der Waals surface area contributed by atoms with E-state index in [9.17, 15) is 4.39 Å². The number of halogens is 6. The van der Waals surface area contributed by atoms with Gasteiger partial charge in [-0.1, -0.05) is 44.4 Å². The number of rotatable bonds is 8. The standard InChI is InChI=1S/C31H28F6O2/c1-3-5-6-7-17-8-14-23(39-16-17)22-12-11-21(28(33)29(22)34)20-10-9-18-19-13-15-24(38-4-2)30(35)26(19)31(36,37)25(18)27(20)32/h9-15,17H,3-8,16H2,1-2H3. The number of fused-ring (bicyclic) bond motifs is 3. The van der Waals surface area contributed by atoms with Crippen molar-refractivity contribution in [3.8, 4) is 28.0 Å². The molecule has 0 radical (unpaired) electrons. The van der Waals surface area contributed by atoms with Crippen molar-refractivity contribution < 1.29 is 35.8 Å². The molecule has 3 aromatic carbocycles. The zero-order valence-corrected chi connectivity index (χ0v) is 21.7. The lowest BCUT2D eigenvalue weighted by molar-refractivity contribution is 0.0399. The van der Waals surface area contributed by atoms with E-state index in [1.165, 1.54) is 24.3 Å². The normalized spacial score (nSPS) is 17.3. The molecular formula is C31H28F6O2. The van der Waals surface area contributed by atoms with Crippen LogP contribution in [0.2, 0.25) is 0 Å². The average molecular weight is 547 g/mol. The summed E-state index contributed by atoms with van der Waals surface area (Å²) < 4.78 is 103. The van der Waals surface area contributed by atoms with Crippen molar-refractivity contribution in [3.63, 3.8) is 0 Å². The Morgan fingerprint density at radius 1 is 0.769 bits per heavy atom. The summed E-state index contributed by atoms with van der Waals surface area (Å²) in [5.41, 5.74) is -3.68. The summed E-state index contributed by atoms with van der Waals surface area (Å²) in [6.45, 7) is 4.13. The van der Waals surface area contributed by atoms with Crippen LogP contribution in [0.25, 0.3) is 28.0 Å². The Labute approximate surface area is 223 Å². The zero-order chi connectivity index (χ0) is 27.9. The molecule has 39 heavy (non-hydrogen) atoms. The first kappa shape index (κ1) is 27.2. The minimum Gasteiger partial charge on any atom is -0.493 e. The van der Waals surface area contributed by atoms with E-state index in [0.717, 1.165) is 37.8 Å². The van der Waals surface area contributed by atoms with Crippen LogP contribution in [0, 0.1) is 29.2 Å². The van der Waals surface area contributed by atoms with E-state index in [4.69, 9.17) is 9.47 Å². The van der Waals surface area contributed by atoms with Gasteiger partial charge in [0.25, 0.3) is 0 Å². The molecule has 0 amide bonds. The molecule has 0 saturated carbocycles. The third kappa shape index (κ3) is 4.57. The molecule has 1 unspecified atom stereocenters. The van der Waals surface area contributed by atoms with Crippen LogP contribution in [0.4, 0.5) is 26.3 Å². The molecule has 0 aromatic heterocycles. The largest absolute Gasteiger partial charge is 0.493 e. The van der Waals surface area contributed by atoms with Crippen molar-refractivity contribution in [3.05, 3.63) is 82.4 Å². The number of unbranched alkanes of at least 4 members (excludes halogenated alkanes) is 2. The smallest absolute Gasteiger partial charge is 0.305 e. The molecule has 2 nitrogen and oxygen atoms in total. The van der Waals surface area contributed by atoms with Gasteiger partial charge in [0, 0.05) is 11.1 Å². The van der Waals surface area contributed by atoms with E-state index in [1.54, 1.807) is 13.0 Å². The maximum absolute atomic E-state index is 15.7. The second kappa shape index (κ2) is 10.6. The number of benzene rings is 3. The third-order valence-corrected chi connectivity index (χ3v) is 7.43. The molecule has 3 aromatic rings. The average Bonchev–Trinajstić information content (AvgIpc) is 3.16. The Balaban J connectivity index is 1.49. The van der Waals surface area contributed by atoms with Crippen LogP contribution in [0.5, 0.6) is 5.75 Å². The van der Waals surface area contributed by atoms with Crippen LogP contribution in [-0.4, -0.2) is 13.2 Å². The van der Waals surface area contributed by atoms with Crippen molar-refractivity contribution >= 4 is 5.76 Å². The Bertz CT molecular complexity index is 1450. The number of allylic oxidation sites excluding steroid dienone is 1. The molecule has 0 bridgehead atoms. The molecule has 2 aliphatic rings. The van der Waals surface area contributed by atoms with Gasteiger partial charge in [-0.05, 0) is 61.1 Å². The Kier molecular flexibility index (Phi) is 7.40. The predicted octanol–water partition coefficient (Wildman–Crippen LogP) is 9.39. The predicted molar refractivity (Wildman–Crippen MR) is 137 cm³/mol. The molecule has 5 rings (SSSR count). The van der Waals surface area contributed by atoms with Crippen LogP contribution in [0.15, 0.2) is 42.5 Å². The lowest BCUT2D eigenvalue weighted by Crippen LogP contribution is -2.16. The summed E-state index contributed by atoms with van der Waals surface area (Å²) in [6, 6.07) is 7.11. The highest BCUT2D eigenvalue weighted by atomic mass is 19.3. The molecule has 1 heterocycles. The molecule has 1 atom stereocenters. The van der Waals surface area contributed by atoms with Crippen LogP contribution in [0.3, 0.4) is 0 Å². The lowest BCUT2D eigenvalue weighted by atomic mass is 9.94. The minimum atomic E-state index is -4.05. The molecule has 0 saturated heterocycles.